The van der Waals surface area contributed by atoms with E-state index in [0.29, 0.717) is 5.03 Å². The number of halogens is 1. The largest absolute Gasteiger partial charge is 0.356 e. The topological polar surface area (TPSA) is 50.2 Å². The van der Waals surface area contributed by atoms with E-state index in [-0.39, 0.29) is 0 Å². The van der Waals surface area contributed by atoms with Crippen LogP contribution in [-0.4, -0.2) is 21.8 Å². The van der Waals surface area contributed by atoms with Gasteiger partial charge in [0.2, 0.25) is 0 Å². The van der Waals surface area contributed by atoms with Crippen molar-refractivity contribution in [2.45, 2.75) is 12.6 Å². The molecule has 1 aliphatic heterocycles. The van der Waals surface area contributed by atoms with Gasteiger partial charge in [0.1, 0.15) is 12.0 Å². The van der Waals surface area contributed by atoms with Gasteiger partial charge in [0.05, 0.1) is 10.7 Å². The maximum absolute atomic E-state index is 6.08. The van der Waals surface area contributed by atoms with Gasteiger partial charge in [-0.05, 0) is 13.0 Å². The molecule has 1 aromatic rings. The molecule has 4 nitrogen and oxygen atoms in total. The minimum absolute atomic E-state index is 0.536. The van der Waals surface area contributed by atoms with Crippen LogP contribution in [0.4, 0.5) is 0 Å². The summed E-state index contributed by atoms with van der Waals surface area (Å²) in [6, 6.07) is 0. The van der Waals surface area contributed by atoms with Crippen molar-refractivity contribution in [1.82, 2.24) is 15.3 Å². The van der Waals surface area contributed by atoms with Gasteiger partial charge in [-0.2, -0.15) is 0 Å². The molecule has 82 valence electrons. The van der Waals surface area contributed by atoms with Crippen LogP contribution >= 0.6 is 11.6 Å². The molecule has 2 rings (SSSR count). The summed E-state index contributed by atoms with van der Waals surface area (Å²) in [5.74, 6) is 0. The van der Waals surface area contributed by atoms with Crippen LogP contribution in [0.2, 0.25) is 0 Å². The third kappa shape index (κ3) is 1.97. The molecular weight excluding hydrogens is 224 g/mol. The van der Waals surface area contributed by atoms with Gasteiger partial charge in [0.15, 0.2) is 0 Å². The van der Waals surface area contributed by atoms with Crippen LogP contribution in [0, 0.1) is 0 Å². The van der Waals surface area contributed by atoms with Crippen molar-refractivity contribution in [1.29, 1.82) is 0 Å². The predicted octanol–water partition coefficient (Wildman–Crippen LogP) is 1.96. The molecule has 0 amide bonds. The van der Waals surface area contributed by atoms with Crippen LogP contribution < -0.4 is 5.32 Å². The molecule has 1 atom stereocenters. The normalized spacial score (nSPS) is 24.1. The SMILES string of the molecule is C=CC1(C)N=CC(Cl)=C(c2cncnc2)N1. The van der Waals surface area contributed by atoms with Crippen molar-refractivity contribution in [3.8, 4) is 0 Å². The minimum atomic E-state index is -0.538. The first kappa shape index (κ1) is 10.8. The molecule has 16 heavy (non-hydrogen) atoms. The van der Waals surface area contributed by atoms with Crippen LogP contribution in [0.1, 0.15) is 12.5 Å². The highest BCUT2D eigenvalue weighted by Gasteiger charge is 2.24. The summed E-state index contributed by atoms with van der Waals surface area (Å²) < 4.78 is 0. The molecule has 1 aromatic heterocycles. The van der Waals surface area contributed by atoms with Gasteiger partial charge in [0.25, 0.3) is 0 Å². The highest BCUT2D eigenvalue weighted by molar-refractivity contribution is 6.42. The second-order valence-electron chi connectivity index (χ2n) is 3.58. The Balaban J connectivity index is 2.41. The fourth-order valence-electron chi connectivity index (χ4n) is 1.34. The van der Waals surface area contributed by atoms with Gasteiger partial charge in [-0.3, -0.25) is 4.99 Å². The monoisotopic (exact) mass is 234 g/mol. The van der Waals surface area contributed by atoms with Crippen molar-refractivity contribution in [3.63, 3.8) is 0 Å². The fourth-order valence-corrected chi connectivity index (χ4v) is 1.55. The molecule has 2 heterocycles. The van der Waals surface area contributed by atoms with E-state index < -0.39 is 5.66 Å². The van der Waals surface area contributed by atoms with Gasteiger partial charge in [-0.25, -0.2) is 9.97 Å². The molecular formula is C11H11ClN4. The number of nitrogens with one attached hydrogen (secondary N) is 1. The molecule has 0 radical (unpaired) electrons. The van der Waals surface area contributed by atoms with Crippen molar-refractivity contribution in [2.24, 2.45) is 4.99 Å². The van der Waals surface area contributed by atoms with E-state index in [4.69, 9.17) is 11.6 Å². The second kappa shape index (κ2) is 4.06. The number of aliphatic imine (C=N–C) groups is 1. The van der Waals surface area contributed by atoms with Crippen molar-refractivity contribution in [2.75, 3.05) is 0 Å². The number of hydrogen-bond donors (Lipinski definition) is 1. The summed E-state index contributed by atoms with van der Waals surface area (Å²) in [5, 5.41) is 3.73. The first-order valence-corrected chi connectivity index (χ1v) is 5.14. The molecule has 0 fully saturated rings. The molecule has 1 N–H and O–H groups in total. The second-order valence-corrected chi connectivity index (χ2v) is 3.99. The number of allylic oxidation sites excluding steroid dienone is 1. The van der Waals surface area contributed by atoms with Gasteiger partial charge in [0, 0.05) is 24.2 Å². The van der Waals surface area contributed by atoms with Crippen molar-refractivity contribution < 1.29 is 0 Å². The van der Waals surface area contributed by atoms with Gasteiger partial charge in [-0.1, -0.05) is 18.2 Å². The van der Waals surface area contributed by atoms with E-state index in [9.17, 15) is 0 Å². The predicted molar refractivity (Wildman–Crippen MR) is 65.0 cm³/mol. The van der Waals surface area contributed by atoms with Crippen LogP contribution in [0.25, 0.3) is 5.70 Å². The average Bonchev–Trinajstić information content (AvgIpc) is 2.34. The number of rotatable bonds is 2. The Bertz CT molecular complexity index is 466. The lowest BCUT2D eigenvalue weighted by Crippen LogP contribution is -2.39. The molecule has 1 unspecified atom stereocenters. The summed E-state index contributed by atoms with van der Waals surface area (Å²) >= 11 is 6.08. The van der Waals surface area contributed by atoms with Crippen molar-refractivity contribution >= 4 is 23.5 Å². The summed E-state index contributed by atoms with van der Waals surface area (Å²) in [5.41, 5.74) is 1.05. The van der Waals surface area contributed by atoms with Crippen molar-refractivity contribution in [3.05, 3.63) is 42.0 Å². The Morgan fingerprint density at radius 2 is 2.12 bits per heavy atom. The maximum atomic E-state index is 6.08. The molecule has 0 saturated heterocycles. The standard InChI is InChI=1S/C11H11ClN4/c1-3-11(2)15-6-9(12)10(16-11)8-4-13-7-14-5-8/h3-7,16H,1H2,2H3. The number of aromatic nitrogens is 2. The minimum Gasteiger partial charge on any atom is -0.356 e. The van der Waals surface area contributed by atoms with E-state index in [1.54, 1.807) is 24.7 Å². The molecule has 5 heteroatoms. The fraction of sp³-hybridized carbons (Fsp3) is 0.182. The Hall–Kier alpha value is -1.68. The summed E-state index contributed by atoms with van der Waals surface area (Å²) in [7, 11) is 0. The Labute approximate surface area is 98.8 Å². The zero-order chi connectivity index (χ0) is 11.6. The number of hydrogen-bond acceptors (Lipinski definition) is 4. The van der Waals surface area contributed by atoms with Crippen LogP contribution in [-0.2, 0) is 0 Å². The van der Waals surface area contributed by atoms with E-state index >= 15 is 0 Å². The average molecular weight is 235 g/mol. The summed E-state index contributed by atoms with van der Waals surface area (Å²) in [6.07, 6.45) is 8.20. The molecule has 0 aromatic carbocycles. The lowest BCUT2D eigenvalue weighted by atomic mass is 10.1. The smallest absolute Gasteiger partial charge is 0.145 e. The number of nitrogens with zero attached hydrogens (tertiary/aromatic N) is 3. The van der Waals surface area contributed by atoms with E-state index in [1.165, 1.54) is 6.33 Å². The molecule has 0 aliphatic carbocycles. The Morgan fingerprint density at radius 3 is 2.75 bits per heavy atom. The van der Waals surface area contributed by atoms with Crippen LogP contribution in [0.15, 0.2) is 41.4 Å². The summed E-state index contributed by atoms with van der Waals surface area (Å²) in [4.78, 5) is 12.2. The third-order valence-electron chi connectivity index (χ3n) is 2.31. The van der Waals surface area contributed by atoms with E-state index in [1.807, 2.05) is 6.92 Å². The molecule has 0 saturated carbocycles. The first-order valence-electron chi connectivity index (χ1n) is 4.77. The maximum Gasteiger partial charge on any atom is 0.145 e. The highest BCUT2D eigenvalue weighted by atomic mass is 35.5. The van der Waals surface area contributed by atoms with Gasteiger partial charge < -0.3 is 5.32 Å². The van der Waals surface area contributed by atoms with Crippen LogP contribution in [0.3, 0.4) is 0 Å². The molecule has 0 bridgehead atoms. The quantitative estimate of drug-likeness (QED) is 0.796. The van der Waals surface area contributed by atoms with Gasteiger partial charge in [-0.15, -0.1) is 0 Å². The Kier molecular flexibility index (Phi) is 2.75. The Morgan fingerprint density at radius 1 is 1.44 bits per heavy atom. The van der Waals surface area contributed by atoms with Gasteiger partial charge >= 0.3 is 0 Å². The molecule has 1 aliphatic rings. The van der Waals surface area contributed by atoms with Crippen LogP contribution in [0.5, 0.6) is 0 Å². The van der Waals surface area contributed by atoms with E-state index in [0.717, 1.165) is 11.3 Å². The first-order chi connectivity index (χ1) is 7.64. The lowest BCUT2D eigenvalue weighted by Gasteiger charge is -2.29. The summed E-state index contributed by atoms with van der Waals surface area (Å²) in [6.45, 7) is 5.64. The lowest BCUT2D eigenvalue weighted by molar-refractivity contribution is 0.536. The highest BCUT2D eigenvalue weighted by Crippen LogP contribution is 2.25. The zero-order valence-corrected chi connectivity index (χ0v) is 9.57. The van der Waals surface area contributed by atoms with E-state index in [2.05, 4.69) is 26.9 Å². The third-order valence-corrected chi connectivity index (χ3v) is 2.60. The zero-order valence-electron chi connectivity index (χ0n) is 8.81. The molecule has 0 spiro atoms.